The maximum absolute atomic E-state index is 11.7. The summed E-state index contributed by atoms with van der Waals surface area (Å²) in [6.07, 6.45) is 0. The summed E-state index contributed by atoms with van der Waals surface area (Å²) < 4.78 is 27.1. The zero-order chi connectivity index (χ0) is 12.3. The molecule has 0 saturated heterocycles. The standard InChI is InChI=1S/C9H11Br2NO3S/c1-6(5-13)16(14,15)12-9-7(10)3-2-4-8(9)11/h2-4,6,12-13H,5H2,1H3. The van der Waals surface area contributed by atoms with Crippen LogP contribution in [0, 0.1) is 0 Å². The summed E-state index contributed by atoms with van der Waals surface area (Å²) in [5.41, 5.74) is 0.433. The van der Waals surface area contributed by atoms with E-state index >= 15 is 0 Å². The van der Waals surface area contributed by atoms with E-state index < -0.39 is 21.9 Å². The minimum absolute atomic E-state index is 0.419. The highest BCUT2D eigenvalue weighted by Gasteiger charge is 2.21. The lowest BCUT2D eigenvalue weighted by molar-refractivity contribution is 0.296. The minimum atomic E-state index is -3.57. The van der Waals surface area contributed by atoms with Crippen LogP contribution in [-0.2, 0) is 10.0 Å². The molecule has 0 aromatic heterocycles. The van der Waals surface area contributed by atoms with Crippen molar-refractivity contribution in [1.29, 1.82) is 0 Å². The highest BCUT2D eigenvalue weighted by atomic mass is 79.9. The van der Waals surface area contributed by atoms with E-state index in [1.807, 2.05) is 0 Å². The third-order valence-electron chi connectivity index (χ3n) is 1.99. The molecule has 1 aromatic rings. The molecular formula is C9H11Br2NO3S. The summed E-state index contributed by atoms with van der Waals surface area (Å²) in [5.74, 6) is 0. The van der Waals surface area contributed by atoms with Crippen LogP contribution in [0.5, 0.6) is 0 Å². The fourth-order valence-corrected chi connectivity index (χ4v) is 3.30. The number of aliphatic hydroxyl groups excluding tert-OH is 1. The van der Waals surface area contributed by atoms with Gasteiger partial charge in [0.1, 0.15) is 5.25 Å². The second-order valence-corrected chi connectivity index (χ2v) is 7.04. The number of sulfonamides is 1. The summed E-state index contributed by atoms with van der Waals surface area (Å²) in [5, 5.41) is 7.99. The van der Waals surface area contributed by atoms with Gasteiger partial charge in [0.05, 0.1) is 12.3 Å². The fourth-order valence-electron chi connectivity index (χ4n) is 0.936. The summed E-state index contributed by atoms with van der Waals surface area (Å²) >= 11 is 6.50. The lowest BCUT2D eigenvalue weighted by Crippen LogP contribution is -2.28. The molecule has 16 heavy (non-hydrogen) atoms. The highest BCUT2D eigenvalue weighted by Crippen LogP contribution is 2.31. The quantitative estimate of drug-likeness (QED) is 0.852. The second kappa shape index (κ2) is 5.48. The summed E-state index contributed by atoms with van der Waals surface area (Å²) in [6.45, 7) is 1.02. The predicted octanol–water partition coefficient (Wildman–Crippen LogP) is 2.33. The molecule has 0 aliphatic heterocycles. The highest BCUT2D eigenvalue weighted by molar-refractivity contribution is 9.11. The van der Waals surface area contributed by atoms with Crippen LogP contribution in [0.2, 0.25) is 0 Å². The molecule has 0 saturated carbocycles. The van der Waals surface area contributed by atoms with Crippen molar-refractivity contribution in [3.8, 4) is 0 Å². The first-order valence-corrected chi connectivity index (χ1v) is 7.58. The van der Waals surface area contributed by atoms with Gasteiger partial charge in [-0.3, -0.25) is 4.72 Å². The molecule has 0 amide bonds. The zero-order valence-electron chi connectivity index (χ0n) is 8.44. The molecule has 1 unspecified atom stereocenters. The number of nitrogens with one attached hydrogen (secondary N) is 1. The average molecular weight is 373 g/mol. The van der Waals surface area contributed by atoms with Crippen molar-refractivity contribution < 1.29 is 13.5 Å². The van der Waals surface area contributed by atoms with Crippen molar-refractivity contribution in [2.45, 2.75) is 12.2 Å². The Morgan fingerprint density at radius 3 is 2.31 bits per heavy atom. The van der Waals surface area contributed by atoms with E-state index in [-0.39, 0.29) is 0 Å². The van der Waals surface area contributed by atoms with Gasteiger partial charge in [-0.25, -0.2) is 8.42 Å². The minimum Gasteiger partial charge on any atom is -0.395 e. The van der Waals surface area contributed by atoms with Crippen LogP contribution in [0.25, 0.3) is 0 Å². The lowest BCUT2D eigenvalue weighted by Gasteiger charge is -2.14. The zero-order valence-corrected chi connectivity index (χ0v) is 12.4. The molecule has 1 rings (SSSR count). The van der Waals surface area contributed by atoms with Crippen LogP contribution in [0.4, 0.5) is 5.69 Å². The molecule has 0 radical (unpaired) electrons. The normalized spacial score (nSPS) is 13.5. The van der Waals surface area contributed by atoms with Gasteiger partial charge in [-0.2, -0.15) is 0 Å². The molecule has 1 aromatic carbocycles. The van der Waals surface area contributed by atoms with Crippen molar-refractivity contribution >= 4 is 47.6 Å². The Bertz CT molecular complexity index is 455. The van der Waals surface area contributed by atoms with E-state index in [9.17, 15) is 8.42 Å². The van der Waals surface area contributed by atoms with Gasteiger partial charge in [-0.15, -0.1) is 0 Å². The van der Waals surface area contributed by atoms with E-state index in [4.69, 9.17) is 5.11 Å². The molecule has 0 heterocycles. The molecule has 0 fully saturated rings. The molecule has 0 aliphatic rings. The number of halogens is 2. The van der Waals surface area contributed by atoms with Crippen LogP contribution in [0.15, 0.2) is 27.1 Å². The maximum Gasteiger partial charge on any atom is 0.237 e. The number of rotatable bonds is 4. The van der Waals surface area contributed by atoms with Crippen LogP contribution < -0.4 is 4.72 Å². The van der Waals surface area contributed by atoms with Gasteiger partial charge in [0, 0.05) is 8.95 Å². The Morgan fingerprint density at radius 1 is 1.38 bits per heavy atom. The first-order valence-electron chi connectivity index (χ1n) is 4.45. The van der Waals surface area contributed by atoms with E-state index in [0.29, 0.717) is 14.6 Å². The van der Waals surface area contributed by atoms with Crippen molar-refractivity contribution in [3.63, 3.8) is 0 Å². The van der Waals surface area contributed by atoms with Crippen molar-refractivity contribution in [2.75, 3.05) is 11.3 Å². The topological polar surface area (TPSA) is 66.4 Å². The summed E-state index contributed by atoms with van der Waals surface area (Å²) in [7, 11) is -3.57. The van der Waals surface area contributed by atoms with Crippen LogP contribution in [0.3, 0.4) is 0 Å². The molecule has 1 atom stereocenters. The van der Waals surface area contributed by atoms with Gasteiger partial charge in [0.2, 0.25) is 10.0 Å². The van der Waals surface area contributed by atoms with E-state index in [1.165, 1.54) is 6.92 Å². The molecule has 7 heteroatoms. The fraction of sp³-hybridized carbons (Fsp3) is 0.333. The maximum atomic E-state index is 11.7. The monoisotopic (exact) mass is 371 g/mol. The largest absolute Gasteiger partial charge is 0.395 e. The van der Waals surface area contributed by atoms with E-state index in [2.05, 4.69) is 36.6 Å². The lowest BCUT2D eigenvalue weighted by atomic mass is 10.3. The Hall–Kier alpha value is -0.110. The molecule has 0 aliphatic carbocycles. The molecule has 90 valence electrons. The number of benzene rings is 1. The Morgan fingerprint density at radius 2 is 1.88 bits per heavy atom. The van der Waals surface area contributed by atoms with E-state index in [0.717, 1.165) is 0 Å². The third kappa shape index (κ3) is 3.19. The predicted molar refractivity (Wildman–Crippen MR) is 70.9 cm³/mol. The van der Waals surface area contributed by atoms with Gasteiger partial charge in [0.15, 0.2) is 0 Å². The summed E-state index contributed by atoms with van der Waals surface area (Å²) in [6, 6.07) is 5.24. The van der Waals surface area contributed by atoms with Gasteiger partial charge in [-0.05, 0) is 50.9 Å². The number of aliphatic hydroxyl groups is 1. The number of anilines is 1. The van der Waals surface area contributed by atoms with Crippen molar-refractivity contribution in [1.82, 2.24) is 0 Å². The molecular weight excluding hydrogens is 362 g/mol. The number of hydrogen-bond acceptors (Lipinski definition) is 3. The van der Waals surface area contributed by atoms with Crippen LogP contribution in [0.1, 0.15) is 6.92 Å². The summed E-state index contributed by atoms with van der Waals surface area (Å²) in [4.78, 5) is 0. The first kappa shape index (κ1) is 14.0. The SMILES string of the molecule is CC(CO)S(=O)(=O)Nc1c(Br)cccc1Br. The van der Waals surface area contributed by atoms with Crippen molar-refractivity contribution in [2.24, 2.45) is 0 Å². The molecule has 4 nitrogen and oxygen atoms in total. The van der Waals surface area contributed by atoms with E-state index in [1.54, 1.807) is 18.2 Å². The Balaban J connectivity index is 3.06. The smallest absolute Gasteiger partial charge is 0.237 e. The van der Waals surface area contributed by atoms with Gasteiger partial charge in [0.25, 0.3) is 0 Å². The Labute approximate surface area is 111 Å². The van der Waals surface area contributed by atoms with Gasteiger partial charge in [-0.1, -0.05) is 6.07 Å². The second-order valence-electron chi connectivity index (χ2n) is 3.24. The van der Waals surface area contributed by atoms with Crippen molar-refractivity contribution in [3.05, 3.63) is 27.1 Å². The number of hydrogen-bond donors (Lipinski definition) is 2. The van der Waals surface area contributed by atoms with Gasteiger partial charge >= 0.3 is 0 Å². The molecule has 0 bridgehead atoms. The molecule has 0 spiro atoms. The Kier molecular flexibility index (Phi) is 4.78. The molecule has 2 N–H and O–H groups in total. The third-order valence-corrected chi connectivity index (χ3v) is 5.01. The number of para-hydroxylation sites is 1. The van der Waals surface area contributed by atoms with Gasteiger partial charge < -0.3 is 5.11 Å². The van der Waals surface area contributed by atoms with Crippen LogP contribution >= 0.6 is 31.9 Å². The average Bonchev–Trinajstić information content (AvgIpc) is 2.22. The first-order chi connectivity index (χ1) is 7.38. The van der Waals surface area contributed by atoms with Crippen LogP contribution in [-0.4, -0.2) is 25.4 Å².